The highest BCUT2D eigenvalue weighted by Gasteiger charge is 2.00. The van der Waals surface area contributed by atoms with Crippen molar-refractivity contribution in [2.24, 2.45) is 0 Å². The Morgan fingerprint density at radius 1 is 1.11 bits per heavy atom. The number of hydrogen-bond donors (Lipinski definition) is 1. The Kier molecular flexibility index (Phi) is 4.31. The maximum Gasteiger partial charge on any atom is 0.0408 e. The Hall–Kier alpha value is -0.990. The highest BCUT2D eigenvalue weighted by Crippen LogP contribution is 2.21. The third-order valence-corrected chi connectivity index (χ3v) is 3.52. The summed E-state index contributed by atoms with van der Waals surface area (Å²) in [5.41, 5.74) is 4.83. The topological polar surface area (TPSA) is 12.0 Å². The van der Waals surface area contributed by atoms with Gasteiger partial charge in [-0.2, -0.15) is 0 Å². The van der Waals surface area contributed by atoms with Crippen LogP contribution in [0.2, 0.25) is 5.02 Å². The first-order valence-corrected chi connectivity index (χ1v) is 6.98. The molecule has 0 spiro atoms. The monoisotopic (exact) mass is 323 g/mol. The van der Waals surface area contributed by atoms with E-state index in [0.29, 0.717) is 0 Å². The number of nitrogens with one attached hydrogen (secondary N) is 1. The number of aryl methyl sites for hydroxylation is 2. The standard InChI is InChI=1S/C15H15BrClN/c1-10-5-13(16)8-15(6-10)18-9-12-3-4-14(17)7-11(12)2/h3-8,18H,9H2,1-2H3. The van der Waals surface area contributed by atoms with Gasteiger partial charge in [0.05, 0.1) is 0 Å². The Bertz CT molecular complexity index is 546. The molecule has 0 atom stereocenters. The van der Waals surface area contributed by atoms with Crippen molar-refractivity contribution < 1.29 is 0 Å². The summed E-state index contributed by atoms with van der Waals surface area (Å²) in [5.74, 6) is 0. The molecule has 0 heterocycles. The van der Waals surface area contributed by atoms with E-state index in [9.17, 15) is 0 Å². The van der Waals surface area contributed by atoms with Gasteiger partial charge in [0.2, 0.25) is 0 Å². The molecule has 0 aliphatic carbocycles. The molecule has 0 saturated heterocycles. The van der Waals surface area contributed by atoms with Crippen molar-refractivity contribution in [1.29, 1.82) is 0 Å². The van der Waals surface area contributed by atoms with Crippen LogP contribution in [0.1, 0.15) is 16.7 Å². The minimum Gasteiger partial charge on any atom is -0.381 e. The van der Waals surface area contributed by atoms with Gasteiger partial charge in [-0.25, -0.2) is 0 Å². The third kappa shape index (κ3) is 3.50. The van der Waals surface area contributed by atoms with Crippen LogP contribution in [0.25, 0.3) is 0 Å². The van der Waals surface area contributed by atoms with E-state index in [-0.39, 0.29) is 0 Å². The predicted molar refractivity (Wildman–Crippen MR) is 82.4 cm³/mol. The molecule has 0 radical (unpaired) electrons. The van der Waals surface area contributed by atoms with Gasteiger partial charge in [0.1, 0.15) is 0 Å². The van der Waals surface area contributed by atoms with Crippen LogP contribution in [0.3, 0.4) is 0 Å². The number of benzene rings is 2. The van der Waals surface area contributed by atoms with Gasteiger partial charge in [0.25, 0.3) is 0 Å². The summed E-state index contributed by atoms with van der Waals surface area (Å²) in [7, 11) is 0. The van der Waals surface area contributed by atoms with Crippen molar-refractivity contribution in [2.45, 2.75) is 20.4 Å². The molecule has 2 rings (SSSR count). The lowest BCUT2D eigenvalue weighted by Gasteiger charge is -2.10. The van der Waals surface area contributed by atoms with Crippen molar-refractivity contribution >= 4 is 33.2 Å². The number of anilines is 1. The molecule has 0 unspecified atom stereocenters. The molecular formula is C15H15BrClN. The Balaban J connectivity index is 2.11. The lowest BCUT2D eigenvalue weighted by atomic mass is 10.1. The quantitative estimate of drug-likeness (QED) is 0.804. The summed E-state index contributed by atoms with van der Waals surface area (Å²) < 4.78 is 1.10. The van der Waals surface area contributed by atoms with Gasteiger partial charge < -0.3 is 5.32 Å². The Morgan fingerprint density at radius 2 is 1.89 bits per heavy atom. The normalized spacial score (nSPS) is 10.4. The summed E-state index contributed by atoms with van der Waals surface area (Å²) in [6, 6.07) is 12.3. The van der Waals surface area contributed by atoms with Crippen molar-refractivity contribution in [3.05, 3.63) is 62.6 Å². The summed E-state index contributed by atoms with van der Waals surface area (Å²) in [5, 5.41) is 4.22. The number of halogens is 2. The molecule has 2 aromatic carbocycles. The van der Waals surface area contributed by atoms with Crippen LogP contribution < -0.4 is 5.32 Å². The van der Waals surface area contributed by atoms with Gasteiger partial charge in [-0.1, -0.05) is 33.6 Å². The van der Waals surface area contributed by atoms with Gasteiger partial charge in [-0.15, -0.1) is 0 Å². The summed E-state index contributed by atoms with van der Waals surface area (Å²) >= 11 is 9.45. The SMILES string of the molecule is Cc1cc(Br)cc(NCc2ccc(Cl)cc2C)c1. The highest BCUT2D eigenvalue weighted by molar-refractivity contribution is 9.10. The van der Waals surface area contributed by atoms with Crippen LogP contribution in [0, 0.1) is 13.8 Å². The molecule has 1 N–H and O–H groups in total. The maximum atomic E-state index is 5.95. The second kappa shape index (κ2) is 5.77. The van der Waals surface area contributed by atoms with Gasteiger partial charge in [0, 0.05) is 21.7 Å². The molecule has 0 saturated carbocycles. The predicted octanol–water partition coefficient (Wildman–Crippen LogP) is 5.33. The second-order valence-electron chi connectivity index (χ2n) is 4.44. The van der Waals surface area contributed by atoms with E-state index in [1.807, 2.05) is 12.1 Å². The molecular weight excluding hydrogens is 310 g/mol. The van der Waals surface area contributed by atoms with E-state index in [4.69, 9.17) is 11.6 Å². The molecule has 18 heavy (non-hydrogen) atoms. The molecule has 1 nitrogen and oxygen atoms in total. The first kappa shape index (κ1) is 13.4. The minimum atomic E-state index is 0.787. The largest absolute Gasteiger partial charge is 0.381 e. The van der Waals surface area contributed by atoms with Crippen molar-refractivity contribution in [1.82, 2.24) is 0 Å². The number of rotatable bonds is 3. The molecule has 2 aromatic rings. The summed E-state index contributed by atoms with van der Waals surface area (Å²) in [4.78, 5) is 0. The van der Waals surface area contributed by atoms with Crippen LogP contribution >= 0.6 is 27.5 Å². The summed E-state index contributed by atoms with van der Waals surface area (Å²) in [6.45, 7) is 4.97. The third-order valence-electron chi connectivity index (χ3n) is 2.83. The van der Waals surface area contributed by atoms with Crippen molar-refractivity contribution in [3.63, 3.8) is 0 Å². The molecule has 0 aromatic heterocycles. The zero-order valence-electron chi connectivity index (χ0n) is 10.4. The molecule has 0 aliphatic heterocycles. The van der Waals surface area contributed by atoms with E-state index in [0.717, 1.165) is 21.7 Å². The van der Waals surface area contributed by atoms with Crippen molar-refractivity contribution in [3.8, 4) is 0 Å². The van der Waals surface area contributed by atoms with Crippen LogP contribution in [0.5, 0.6) is 0 Å². The van der Waals surface area contributed by atoms with Gasteiger partial charge in [0.15, 0.2) is 0 Å². The fraction of sp³-hybridized carbons (Fsp3) is 0.200. The van der Waals surface area contributed by atoms with Crippen LogP contribution in [-0.4, -0.2) is 0 Å². The molecule has 94 valence electrons. The first-order chi connectivity index (χ1) is 8.54. The van der Waals surface area contributed by atoms with Gasteiger partial charge >= 0.3 is 0 Å². The van der Waals surface area contributed by atoms with E-state index in [2.05, 4.69) is 59.4 Å². The average molecular weight is 325 g/mol. The Labute approximate surface area is 121 Å². The van der Waals surface area contributed by atoms with Crippen LogP contribution in [-0.2, 0) is 6.54 Å². The smallest absolute Gasteiger partial charge is 0.0408 e. The fourth-order valence-corrected chi connectivity index (χ4v) is 2.73. The van der Waals surface area contributed by atoms with E-state index < -0.39 is 0 Å². The fourth-order valence-electron chi connectivity index (χ4n) is 1.89. The van der Waals surface area contributed by atoms with E-state index in [1.165, 1.54) is 16.7 Å². The first-order valence-electron chi connectivity index (χ1n) is 5.81. The molecule has 0 bridgehead atoms. The van der Waals surface area contributed by atoms with E-state index in [1.54, 1.807) is 0 Å². The average Bonchev–Trinajstić information content (AvgIpc) is 2.26. The molecule has 0 amide bonds. The lowest BCUT2D eigenvalue weighted by molar-refractivity contribution is 1.12. The zero-order valence-corrected chi connectivity index (χ0v) is 12.8. The summed E-state index contributed by atoms with van der Waals surface area (Å²) in [6.07, 6.45) is 0. The van der Waals surface area contributed by atoms with E-state index >= 15 is 0 Å². The zero-order chi connectivity index (χ0) is 13.1. The highest BCUT2D eigenvalue weighted by atomic mass is 79.9. The molecule has 0 fully saturated rings. The molecule has 0 aliphatic rings. The number of hydrogen-bond acceptors (Lipinski definition) is 1. The second-order valence-corrected chi connectivity index (χ2v) is 5.79. The minimum absolute atomic E-state index is 0.787. The Morgan fingerprint density at radius 3 is 2.56 bits per heavy atom. The van der Waals surface area contributed by atoms with Gasteiger partial charge in [-0.3, -0.25) is 0 Å². The molecule has 3 heteroatoms. The maximum absolute atomic E-state index is 5.95. The van der Waals surface area contributed by atoms with Crippen LogP contribution in [0.4, 0.5) is 5.69 Å². The van der Waals surface area contributed by atoms with Crippen LogP contribution in [0.15, 0.2) is 40.9 Å². The van der Waals surface area contributed by atoms with Gasteiger partial charge in [-0.05, 0) is 60.9 Å². The van der Waals surface area contributed by atoms with Crippen molar-refractivity contribution in [2.75, 3.05) is 5.32 Å². The lowest BCUT2D eigenvalue weighted by Crippen LogP contribution is -2.01.